The molecule has 2 aliphatic rings. The molecule has 7 nitrogen and oxygen atoms in total. The minimum atomic E-state index is -4.56. The fourth-order valence-electron chi connectivity index (χ4n) is 4.49. The molecule has 176 valence electrons. The number of hydrogen-bond donors (Lipinski definition) is 1. The largest absolute Gasteiger partial charge is 0.433 e. The van der Waals surface area contributed by atoms with Crippen molar-refractivity contribution in [1.29, 1.82) is 0 Å². The molecule has 1 aromatic carbocycles. The summed E-state index contributed by atoms with van der Waals surface area (Å²) in [6, 6.07) is 7.38. The average molecular weight is 489 g/mol. The molecule has 2 fully saturated rings. The van der Waals surface area contributed by atoms with Crippen molar-refractivity contribution in [3.05, 3.63) is 65.2 Å². The van der Waals surface area contributed by atoms with Crippen molar-refractivity contribution in [2.24, 2.45) is 5.92 Å². The van der Waals surface area contributed by atoms with Crippen molar-refractivity contribution in [3.8, 4) is 11.4 Å². The molecule has 34 heavy (non-hydrogen) atoms. The second-order valence-electron chi connectivity index (χ2n) is 8.41. The predicted molar refractivity (Wildman–Crippen MR) is 119 cm³/mol. The van der Waals surface area contributed by atoms with Crippen molar-refractivity contribution >= 4 is 23.5 Å². The average Bonchev–Trinajstić information content (AvgIpc) is 3.62. The quantitative estimate of drug-likeness (QED) is 0.560. The molecular formula is C23H20ClF3N6O. The molecule has 0 spiro atoms. The Morgan fingerprint density at radius 1 is 1.12 bits per heavy atom. The minimum absolute atomic E-state index is 0.0824. The number of halogens is 4. The molecule has 0 radical (unpaired) electrons. The Hall–Kier alpha value is -3.27. The number of carbonyl (C=O) groups is 1. The number of fused-ring (bicyclic) bond motifs is 1. The Morgan fingerprint density at radius 2 is 1.91 bits per heavy atom. The Bertz CT molecular complexity index is 1210. The van der Waals surface area contributed by atoms with E-state index in [2.05, 4.69) is 25.3 Å². The van der Waals surface area contributed by atoms with Crippen molar-refractivity contribution in [2.45, 2.75) is 37.5 Å². The van der Waals surface area contributed by atoms with Crippen LogP contribution in [-0.2, 0) is 6.18 Å². The summed E-state index contributed by atoms with van der Waals surface area (Å²) in [5.74, 6) is 0.523. The SMILES string of the molecule is O=C(c1cc(Cl)ccc1-c1ncccn1)N1C2CC2CC[C@H]1CNc1nccc(C(F)(F)F)n1. The van der Waals surface area contributed by atoms with Gasteiger partial charge in [-0.2, -0.15) is 13.2 Å². The zero-order valence-electron chi connectivity index (χ0n) is 17.8. The van der Waals surface area contributed by atoms with E-state index in [1.54, 1.807) is 36.7 Å². The molecule has 1 saturated heterocycles. The number of benzene rings is 1. The summed E-state index contributed by atoms with van der Waals surface area (Å²) >= 11 is 6.23. The van der Waals surface area contributed by atoms with Gasteiger partial charge in [-0.15, -0.1) is 0 Å². The molecule has 2 aromatic heterocycles. The van der Waals surface area contributed by atoms with Gasteiger partial charge in [-0.3, -0.25) is 4.79 Å². The number of aromatic nitrogens is 4. The zero-order chi connectivity index (χ0) is 23.9. The fourth-order valence-corrected chi connectivity index (χ4v) is 4.66. The van der Waals surface area contributed by atoms with E-state index in [1.807, 2.05) is 4.90 Å². The van der Waals surface area contributed by atoms with E-state index in [4.69, 9.17) is 11.6 Å². The van der Waals surface area contributed by atoms with E-state index in [-0.39, 0.29) is 30.5 Å². The van der Waals surface area contributed by atoms with E-state index >= 15 is 0 Å². The number of hydrogen-bond acceptors (Lipinski definition) is 6. The summed E-state index contributed by atoms with van der Waals surface area (Å²) < 4.78 is 39.0. The second-order valence-corrected chi connectivity index (χ2v) is 8.85. The Morgan fingerprint density at radius 3 is 2.68 bits per heavy atom. The third kappa shape index (κ3) is 4.54. The highest BCUT2D eigenvalue weighted by atomic mass is 35.5. The number of alkyl halides is 3. The first-order valence-electron chi connectivity index (χ1n) is 10.8. The number of piperidine rings is 1. The number of nitrogens with zero attached hydrogens (tertiary/aromatic N) is 5. The highest BCUT2D eigenvalue weighted by Crippen LogP contribution is 2.46. The van der Waals surface area contributed by atoms with E-state index in [9.17, 15) is 18.0 Å². The monoisotopic (exact) mass is 488 g/mol. The minimum Gasteiger partial charge on any atom is -0.352 e. The van der Waals surface area contributed by atoms with Crippen LogP contribution in [0.2, 0.25) is 5.02 Å². The summed E-state index contributed by atoms with van der Waals surface area (Å²) in [4.78, 5) is 31.6. The normalized spacial score (nSPS) is 21.6. The molecule has 11 heteroatoms. The van der Waals surface area contributed by atoms with Crippen LogP contribution in [0.25, 0.3) is 11.4 Å². The van der Waals surface area contributed by atoms with Crippen LogP contribution in [0.4, 0.5) is 19.1 Å². The lowest BCUT2D eigenvalue weighted by Gasteiger charge is -2.36. The predicted octanol–water partition coefficient (Wildman–Crippen LogP) is 4.71. The maximum Gasteiger partial charge on any atom is 0.433 e. The summed E-state index contributed by atoms with van der Waals surface area (Å²) in [7, 11) is 0. The van der Waals surface area contributed by atoms with Crippen molar-refractivity contribution in [2.75, 3.05) is 11.9 Å². The maximum absolute atomic E-state index is 13.8. The summed E-state index contributed by atoms with van der Waals surface area (Å²) in [6.07, 6.45) is 2.29. The molecule has 1 aliphatic carbocycles. The number of carbonyl (C=O) groups excluding carboxylic acids is 1. The molecule has 0 bridgehead atoms. The van der Waals surface area contributed by atoms with Gasteiger partial charge in [-0.1, -0.05) is 11.6 Å². The number of rotatable bonds is 5. The highest BCUT2D eigenvalue weighted by molar-refractivity contribution is 6.31. The van der Waals surface area contributed by atoms with Crippen LogP contribution in [0.3, 0.4) is 0 Å². The smallest absolute Gasteiger partial charge is 0.352 e. The van der Waals surface area contributed by atoms with Crippen molar-refractivity contribution in [1.82, 2.24) is 24.8 Å². The highest BCUT2D eigenvalue weighted by Gasteiger charge is 2.50. The summed E-state index contributed by atoms with van der Waals surface area (Å²) in [6.45, 7) is 0.230. The topological polar surface area (TPSA) is 83.9 Å². The Labute approximate surface area is 198 Å². The number of anilines is 1. The molecule has 1 N–H and O–H groups in total. The van der Waals surface area contributed by atoms with Gasteiger partial charge in [-0.05, 0) is 55.5 Å². The van der Waals surface area contributed by atoms with Gasteiger partial charge in [0.2, 0.25) is 5.95 Å². The standard InChI is InChI=1S/C23H20ClF3N6O/c24-14-3-5-16(20-28-7-1-8-29-20)17(11-14)21(34)33-15(4-2-13-10-18(13)33)12-31-22-30-9-6-19(32-22)23(25,26)27/h1,3,5-9,11,13,15,18H,2,4,10,12H2,(H,30,31,32)/t13?,15-,18?/m0/s1. The van der Waals surface area contributed by atoms with Crippen LogP contribution in [0.5, 0.6) is 0 Å². The molecule has 1 aliphatic heterocycles. The molecular weight excluding hydrogens is 469 g/mol. The summed E-state index contributed by atoms with van der Waals surface area (Å²) in [5, 5.41) is 3.31. The van der Waals surface area contributed by atoms with Crippen molar-refractivity contribution in [3.63, 3.8) is 0 Å². The molecule has 1 saturated carbocycles. The van der Waals surface area contributed by atoms with Crippen molar-refractivity contribution < 1.29 is 18.0 Å². The first kappa shape index (κ1) is 22.5. The maximum atomic E-state index is 13.8. The fraction of sp³-hybridized carbons (Fsp3) is 0.348. The first-order chi connectivity index (χ1) is 16.3. The van der Waals surface area contributed by atoms with Gasteiger partial charge >= 0.3 is 6.18 Å². The van der Waals surface area contributed by atoms with Gasteiger partial charge < -0.3 is 10.2 Å². The lowest BCUT2D eigenvalue weighted by molar-refractivity contribution is -0.141. The van der Waals surface area contributed by atoms with Crippen LogP contribution < -0.4 is 5.32 Å². The van der Waals surface area contributed by atoms with E-state index in [0.717, 1.165) is 31.5 Å². The third-order valence-electron chi connectivity index (χ3n) is 6.20. The Balaban J connectivity index is 1.41. The third-order valence-corrected chi connectivity index (χ3v) is 6.44. The number of likely N-dealkylation sites (tertiary alicyclic amines) is 1. The lowest BCUT2D eigenvalue weighted by Crippen LogP contribution is -2.48. The lowest BCUT2D eigenvalue weighted by atomic mass is 9.98. The van der Waals surface area contributed by atoms with Gasteiger partial charge in [0.15, 0.2) is 5.82 Å². The molecule has 3 aromatic rings. The van der Waals surface area contributed by atoms with Crippen LogP contribution in [0.15, 0.2) is 48.9 Å². The number of nitrogens with one attached hydrogen (secondary N) is 1. The van der Waals surface area contributed by atoms with Gasteiger partial charge in [-0.25, -0.2) is 19.9 Å². The first-order valence-corrected chi connectivity index (χ1v) is 11.2. The van der Waals surface area contributed by atoms with Crippen LogP contribution in [-0.4, -0.2) is 49.4 Å². The molecule has 5 rings (SSSR count). The van der Waals surface area contributed by atoms with Crippen LogP contribution in [0.1, 0.15) is 35.3 Å². The second kappa shape index (κ2) is 8.83. The van der Waals surface area contributed by atoms with E-state index in [1.165, 1.54) is 0 Å². The Kier molecular flexibility index (Phi) is 5.85. The van der Waals surface area contributed by atoms with Gasteiger partial charge in [0.25, 0.3) is 5.91 Å². The number of amides is 1. The molecule has 2 unspecified atom stereocenters. The van der Waals surface area contributed by atoms with Crippen LogP contribution in [0, 0.1) is 5.92 Å². The van der Waals surface area contributed by atoms with Crippen LogP contribution >= 0.6 is 11.6 Å². The summed E-state index contributed by atoms with van der Waals surface area (Å²) in [5.41, 5.74) is -0.0486. The van der Waals surface area contributed by atoms with Gasteiger partial charge in [0.1, 0.15) is 5.69 Å². The van der Waals surface area contributed by atoms with Gasteiger partial charge in [0, 0.05) is 47.8 Å². The van der Waals surface area contributed by atoms with E-state index in [0.29, 0.717) is 27.9 Å². The van der Waals surface area contributed by atoms with E-state index < -0.39 is 11.9 Å². The zero-order valence-corrected chi connectivity index (χ0v) is 18.6. The molecule has 3 heterocycles. The molecule has 3 atom stereocenters. The molecule has 1 amide bonds. The van der Waals surface area contributed by atoms with Gasteiger partial charge in [0.05, 0.1) is 5.56 Å².